The normalized spacial score (nSPS) is 15.1. The quantitative estimate of drug-likeness (QED) is 0.256. The lowest BCUT2D eigenvalue weighted by Crippen LogP contribution is -2.53. The van der Waals surface area contributed by atoms with E-state index in [0.29, 0.717) is 0 Å². The Balaban J connectivity index is 6.15. The first kappa shape index (κ1) is 26.6. The second-order valence-corrected chi connectivity index (χ2v) is 8.95. The van der Waals surface area contributed by atoms with Gasteiger partial charge in [0.1, 0.15) is 6.10 Å². The van der Waals surface area contributed by atoms with E-state index in [-0.39, 0.29) is 4.58 Å². The minimum atomic E-state index is -1.15. The van der Waals surface area contributed by atoms with Gasteiger partial charge in [-0.1, -0.05) is 13.8 Å². The summed E-state index contributed by atoms with van der Waals surface area (Å²) in [5.41, 5.74) is 0. The number of thioether (sulfide) groups is 2. The molecule has 0 bridgehead atoms. The summed E-state index contributed by atoms with van der Waals surface area (Å²) in [4.78, 5) is 46.7. The minimum Gasteiger partial charge on any atom is -0.459 e. The van der Waals surface area contributed by atoms with Gasteiger partial charge in [0.2, 0.25) is 0 Å². The fraction of sp³-hybridized carbons (Fsp3) is 0.778. The van der Waals surface area contributed by atoms with Crippen LogP contribution in [0, 0.1) is 0 Å². The SMILES string of the molecule is CCSC(SCC)C(OC(C)=O)C(OC(C)=O)C(OC(C)=O)C(C)OC(C)=O. The molecule has 0 aromatic rings. The van der Waals surface area contributed by atoms with E-state index >= 15 is 0 Å². The molecule has 0 rings (SSSR count). The molecule has 8 nitrogen and oxygen atoms in total. The summed E-state index contributed by atoms with van der Waals surface area (Å²) in [6.45, 7) is 10.3. The van der Waals surface area contributed by atoms with E-state index in [9.17, 15) is 19.2 Å². The molecule has 4 atom stereocenters. The lowest BCUT2D eigenvalue weighted by Gasteiger charge is -2.37. The Kier molecular flexibility index (Phi) is 13.0. The standard InChI is InChI=1S/C18H30O8S2/c1-8-27-18(28-9-2)17(26-14(7)22)16(25-13(6)21)15(24-12(5)20)10(3)23-11(4)19/h10,15-18H,8-9H2,1-7H3. The lowest BCUT2D eigenvalue weighted by atomic mass is 10.0. The summed E-state index contributed by atoms with van der Waals surface area (Å²) < 4.78 is 21.2. The van der Waals surface area contributed by atoms with Crippen LogP contribution in [0.5, 0.6) is 0 Å². The molecule has 0 spiro atoms. The first-order chi connectivity index (χ1) is 13.0. The maximum atomic E-state index is 11.8. The van der Waals surface area contributed by atoms with Crippen molar-refractivity contribution >= 4 is 47.4 Å². The van der Waals surface area contributed by atoms with Crippen LogP contribution in [0.1, 0.15) is 48.5 Å². The number of carbonyl (C=O) groups is 4. The second-order valence-electron chi connectivity index (χ2n) is 5.82. The van der Waals surface area contributed by atoms with Crippen molar-refractivity contribution in [3.63, 3.8) is 0 Å². The number of esters is 4. The fourth-order valence-corrected chi connectivity index (χ4v) is 5.16. The molecular formula is C18H30O8S2. The number of hydrogen-bond acceptors (Lipinski definition) is 10. The summed E-state index contributed by atoms with van der Waals surface area (Å²) >= 11 is 3.03. The second kappa shape index (κ2) is 13.7. The predicted octanol–water partition coefficient (Wildman–Crippen LogP) is 2.57. The lowest BCUT2D eigenvalue weighted by molar-refractivity contribution is -0.195. The number of ether oxygens (including phenoxy) is 4. The van der Waals surface area contributed by atoms with Crippen molar-refractivity contribution in [2.24, 2.45) is 0 Å². The zero-order chi connectivity index (χ0) is 21.9. The van der Waals surface area contributed by atoms with Crippen molar-refractivity contribution in [3.05, 3.63) is 0 Å². The van der Waals surface area contributed by atoms with Gasteiger partial charge in [0, 0.05) is 27.7 Å². The zero-order valence-corrected chi connectivity index (χ0v) is 19.0. The topological polar surface area (TPSA) is 105 Å². The van der Waals surface area contributed by atoms with Gasteiger partial charge in [-0.2, -0.15) is 0 Å². The van der Waals surface area contributed by atoms with Crippen molar-refractivity contribution in [2.45, 2.75) is 77.5 Å². The van der Waals surface area contributed by atoms with Crippen LogP contribution < -0.4 is 0 Å². The van der Waals surface area contributed by atoms with Crippen LogP contribution in [0.2, 0.25) is 0 Å². The van der Waals surface area contributed by atoms with Crippen LogP contribution in [0.15, 0.2) is 0 Å². The third-order valence-electron chi connectivity index (χ3n) is 3.30. The first-order valence-electron chi connectivity index (χ1n) is 8.95. The largest absolute Gasteiger partial charge is 0.459 e. The molecule has 0 aromatic heterocycles. The van der Waals surface area contributed by atoms with Crippen LogP contribution in [-0.4, -0.2) is 64.4 Å². The van der Waals surface area contributed by atoms with Crippen LogP contribution in [0.4, 0.5) is 0 Å². The van der Waals surface area contributed by atoms with Crippen molar-refractivity contribution in [2.75, 3.05) is 11.5 Å². The summed E-state index contributed by atoms with van der Waals surface area (Å²) in [5.74, 6) is -0.999. The highest BCUT2D eigenvalue weighted by Gasteiger charge is 2.45. The van der Waals surface area contributed by atoms with E-state index < -0.39 is 48.3 Å². The Labute approximate surface area is 174 Å². The molecule has 0 heterocycles. The van der Waals surface area contributed by atoms with E-state index in [4.69, 9.17) is 18.9 Å². The highest BCUT2D eigenvalue weighted by Crippen LogP contribution is 2.33. The molecule has 0 saturated carbocycles. The molecule has 0 fully saturated rings. The van der Waals surface area contributed by atoms with Crippen molar-refractivity contribution in [1.82, 2.24) is 0 Å². The Hall–Kier alpha value is -1.42. The minimum absolute atomic E-state index is 0.286. The summed E-state index contributed by atoms with van der Waals surface area (Å²) in [6.07, 6.45) is -4.14. The maximum Gasteiger partial charge on any atom is 0.303 e. The third-order valence-corrected chi connectivity index (χ3v) is 5.98. The molecule has 0 radical (unpaired) electrons. The highest BCUT2D eigenvalue weighted by atomic mass is 32.2. The zero-order valence-electron chi connectivity index (χ0n) is 17.4. The highest BCUT2D eigenvalue weighted by molar-refractivity contribution is 8.17. The van der Waals surface area contributed by atoms with Gasteiger partial charge in [-0.25, -0.2) is 0 Å². The molecular weight excluding hydrogens is 408 g/mol. The van der Waals surface area contributed by atoms with Gasteiger partial charge in [-0.15, -0.1) is 23.5 Å². The average molecular weight is 439 g/mol. The van der Waals surface area contributed by atoms with Gasteiger partial charge in [-0.3, -0.25) is 19.2 Å². The third kappa shape index (κ3) is 10.2. The number of carbonyl (C=O) groups excluding carboxylic acids is 4. The van der Waals surface area contributed by atoms with Crippen LogP contribution >= 0.6 is 23.5 Å². The molecule has 10 heteroatoms. The van der Waals surface area contributed by atoms with Crippen LogP contribution in [-0.2, 0) is 38.1 Å². The smallest absolute Gasteiger partial charge is 0.303 e. The Bertz CT molecular complexity index is 534. The number of rotatable bonds is 12. The Morgan fingerprint density at radius 3 is 1.36 bits per heavy atom. The Morgan fingerprint density at radius 1 is 0.643 bits per heavy atom. The molecule has 0 N–H and O–H groups in total. The van der Waals surface area contributed by atoms with E-state index in [1.807, 2.05) is 13.8 Å². The Morgan fingerprint density at radius 2 is 1.00 bits per heavy atom. The molecule has 0 saturated heterocycles. The number of hydrogen-bond donors (Lipinski definition) is 0. The molecule has 28 heavy (non-hydrogen) atoms. The molecule has 0 aliphatic rings. The monoisotopic (exact) mass is 438 g/mol. The summed E-state index contributed by atoms with van der Waals surface area (Å²) in [6, 6.07) is 0. The van der Waals surface area contributed by atoms with E-state index in [2.05, 4.69) is 0 Å². The molecule has 0 aliphatic carbocycles. The van der Waals surface area contributed by atoms with Gasteiger partial charge in [0.25, 0.3) is 0 Å². The predicted molar refractivity (Wildman–Crippen MR) is 108 cm³/mol. The van der Waals surface area contributed by atoms with Crippen molar-refractivity contribution in [3.8, 4) is 0 Å². The van der Waals surface area contributed by atoms with Gasteiger partial charge >= 0.3 is 23.9 Å². The molecule has 4 unspecified atom stereocenters. The van der Waals surface area contributed by atoms with Gasteiger partial charge in [0.05, 0.1) is 4.58 Å². The fourth-order valence-electron chi connectivity index (χ4n) is 2.50. The van der Waals surface area contributed by atoms with Crippen LogP contribution in [0.25, 0.3) is 0 Å². The van der Waals surface area contributed by atoms with Crippen molar-refractivity contribution < 1.29 is 38.1 Å². The van der Waals surface area contributed by atoms with Gasteiger partial charge in [-0.05, 0) is 18.4 Å². The van der Waals surface area contributed by atoms with Crippen molar-refractivity contribution in [1.29, 1.82) is 0 Å². The maximum absolute atomic E-state index is 11.8. The molecule has 162 valence electrons. The van der Waals surface area contributed by atoms with E-state index in [1.165, 1.54) is 58.1 Å². The van der Waals surface area contributed by atoms with Gasteiger partial charge in [0.15, 0.2) is 18.3 Å². The average Bonchev–Trinajstić information content (AvgIpc) is 2.54. The summed E-state index contributed by atoms with van der Waals surface area (Å²) in [7, 11) is 0. The van der Waals surface area contributed by atoms with Crippen LogP contribution in [0.3, 0.4) is 0 Å². The summed E-state index contributed by atoms with van der Waals surface area (Å²) in [5, 5.41) is 0. The van der Waals surface area contributed by atoms with E-state index in [1.54, 1.807) is 0 Å². The molecule has 0 aromatic carbocycles. The van der Waals surface area contributed by atoms with Gasteiger partial charge < -0.3 is 18.9 Å². The van der Waals surface area contributed by atoms with E-state index in [0.717, 1.165) is 11.5 Å². The first-order valence-corrected chi connectivity index (χ1v) is 11.0. The molecule has 0 amide bonds. The molecule has 0 aliphatic heterocycles.